The van der Waals surface area contributed by atoms with Crippen molar-refractivity contribution in [3.63, 3.8) is 0 Å². The average Bonchev–Trinajstić information content (AvgIpc) is 3.71. The standard InChI is InChI=1S/C33H28F9NO6S/c34-23-10-12-24(13-11-23)50(47,48)30(14-15-43(18-30)28(44)19-4-5-20(16-19)29(45)46)21-6-8-22(9-7-21)31(32(37,38)39,33(40,41)42)49-17-25-26(35)2-1-3-27(25)36/h1-3,6-13,19-20H,4-5,14-18H2,(H,45,46)/t19?,20?,30-/m0/s1. The molecule has 1 aliphatic carbocycles. The summed E-state index contributed by atoms with van der Waals surface area (Å²) in [4.78, 5) is 25.6. The SMILES string of the molecule is O=C(O)C1CCC(C(=O)N2CC[C@](c3ccc(C(OCc4c(F)cccc4F)(C(F)(F)F)C(F)(F)F)cc3)(S(=O)(=O)c3ccc(F)cc3)C2)C1. The highest BCUT2D eigenvalue weighted by molar-refractivity contribution is 7.92. The molecule has 1 aliphatic heterocycles. The minimum atomic E-state index is -6.25. The molecule has 3 aromatic carbocycles. The van der Waals surface area contributed by atoms with E-state index < -0.39 is 103 Å². The predicted octanol–water partition coefficient (Wildman–Crippen LogP) is 7.04. The summed E-state index contributed by atoms with van der Waals surface area (Å²) in [5.74, 6) is -6.95. The Hall–Kier alpha value is -4.12. The second-order valence-electron chi connectivity index (χ2n) is 12.2. The molecule has 0 radical (unpaired) electrons. The van der Waals surface area contributed by atoms with Gasteiger partial charge in [0, 0.05) is 30.1 Å². The minimum Gasteiger partial charge on any atom is -0.481 e. The Balaban J connectivity index is 1.58. The molecule has 17 heteroatoms. The van der Waals surface area contributed by atoms with E-state index in [0.717, 1.165) is 35.2 Å². The summed E-state index contributed by atoms with van der Waals surface area (Å²) in [6, 6.07) is 7.71. The van der Waals surface area contributed by atoms with Gasteiger partial charge in [0.15, 0.2) is 9.84 Å². The number of hydrogen-bond donors (Lipinski definition) is 1. The second-order valence-corrected chi connectivity index (χ2v) is 14.5. The number of halogens is 9. The molecule has 1 N–H and O–H groups in total. The van der Waals surface area contributed by atoms with Crippen molar-refractivity contribution in [3.8, 4) is 0 Å². The molecule has 2 fully saturated rings. The molecule has 2 aliphatic rings. The molecule has 1 heterocycles. The first kappa shape index (κ1) is 37.1. The molecular formula is C33H28F9NO6S. The summed E-state index contributed by atoms with van der Waals surface area (Å²) in [6.07, 6.45) is -12.5. The smallest absolute Gasteiger partial charge is 0.430 e. The zero-order valence-electron chi connectivity index (χ0n) is 25.7. The maximum Gasteiger partial charge on any atom is 0.430 e. The van der Waals surface area contributed by atoms with E-state index in [2.05, 4.69) is 4.74 Å². The molecule has 270 valence electrons. The number of alkyl halides is 6. The normalized spacial score (nSPS) is 21.8. The molecule has 5 rings (SSSR count). The summed E-state index contributed by atoms with van der Waals surface area (Å²) in [5, 5.41) is 9.34. The van der Waals surface area contributed by atoms with Gasteiger partial charge in [-0.2, -0.15) is 26.3 Å². The molecule has 0 aromatic heterocycles. The number of rotatable bonds is 9. The number of carbonyl (C=O) groups excluding carboxylic acids is 1. The lowest BCUT2D eigenvalue weighted by molar-refractivity contribution is -0.392. The van der Waals surface area contributed by atoms with E-state index in [0.29, 0.717) is 36.4 Å². The number of likely N-dealkylation sites (tertiary alicyclic amines) is 1. The zero-order chi connectivity index (χ0) is 36.9. The van der Waals surface area contributed by atoms with E-state index in [1.54, 1.807) is 0 Å². The molecule has 1 saturated heterocycles. The Kier molecular flexibility index (Phi) is 9.81. The van der Waals surface area contributed by atoms with E-state index in [1.807, 2.05) is 0 Å². The first-order valence-corrected chi connectivity index (χ1v) is 16.6. The Bertz CT molecular complexity index is 1830. The fourth-order valence-corrected chi connectivity index (χ4v) is 8.78. The molecule has 1 saturated carbocycles. The Morgan fingerprint density at radius 2 is 1.40 bits per heavy atom. The molecule has 1 amide bonds. The van der Waals surface area contributed by atoms with Gasteiger partial charge in [-0.1, -0.05) is 30.3 Å². The topological polar surface area (TPSA) is 101 Å². The van der Waals surface area contributed by atoms with Gasteiger partial charge in [-0.25, -0.2) is 21.6 Å². The Morgan fingerprint density at radius 1 is 0.840 bits per heavy atom. The van der Waals surface area contributed by atoms with Crippen LogP contribution in [0.2, 0.25) is 0 Å². The summed E-state index contributed by atoms with van der Waals surface area (Å²) < 4.78 is 160. The molecule has 2 unspecified atom stereocenters. The number of nitrogens with zero attached hydrogens (tertiary/aromatic N) is 1. The van der Waals surface area contributed by atoms with Crippen LogP contribution in [0.1, 0.15) is 42.4 Å². The zero-order valence-corrected chi connectivity index (χ0v) is 26.5. The lowest BCUT2D eigenvalue weighted by Gasteiger charge is -2.38. The minimum absolute atomic E-state index is 0.00910. The highest BCUT2D eigenvalue weighted by Crippen LogP contribution is 2.54. The quantitative estimate of drug-likeness (QED) is 0.187. The maximum absolute atomic E-state index is 14.5. The van der Waals surface area contributed by atoms with Crippen LogP contribution in [0.3, 0.4) is 0 Å². The first-order valence-electron chi connectivity index (χ1n) is 15.1. The van der Waals surface area contributed by atoms with E-state index in [4.69, 9.17) is 0 Å². The number of carbonyl (C=O) groups is 2. The van der Waals surface area contributed by atoms with Crippen molar-refractivity contribution >= 4 is 21.7 Å². The van der Waals surface area contributed by atoms with Crippen LogP contribution in [0, 0.1) is 29.3 Å². The van der Waals surface area contributed by atoms with Crippen LogP contribution in [0.5, 0.6) is 0 Å². The fourth-order valence-electron chi connectivity index (χ4n) is 6.70. The van der Waals surface area contributed by atoms with Gasteiger partial charge in [-0.3, -0.25) is 9.59 Å². The summed E-state index contributed by atoms with van der Waals surface area (Å²) >= 11 is 0. The van der Waals surface area contributed by atoms with Crippen molar-refractivity contribution in [2.24, 2.45) is 11.8 Å². The third-order valence-electron chi connectivity index (χ3n) is 9.42. The van der Waals surface area contributed by atoms with Gasteiger partial charge in [-0.05, 0) is 67.6 Å². The second kappa shape index (κ2) is 13.2. The van der Waals surface area contributed by atoms with Gasteiger partial charge in [0.2, 0.25) is 5.91 Å². The van der Waals surface area contributed by atoms with Gasteiger partial charge < -0.3 is 14.7 Å². The van der Waals surface area contributed by atoms with Crippen LogP contribution in [0.4, 0.5) is 39.5 Å². The third kappa shape index (κ3) is 6.33. The lowest BCUT2D eigenvalue weighted by atomic mass is 9.88. The van der Waals surface area contributed by atoms with E-state index >= 15 is 0 Å². The molecule has 0 spiro atoms. The summed E-state index contributed by atoms with van der Waals surface area (Å²) in [7, 11) is -4.66. The Morgan fingerprint density at radius 3 is 1.92 bits per heavy atom. The molecule has 7 nitrogen and oxygen atoms in total. The van der Waals surface area contributed by atoms with Crippen molar-refractivity contribution < 1.29 is 67.4 Å². The van der Waals surface area contributed by atoms with Crippen molar-refractivity contribution in [2.45, 2.75) is 59.9 Å². The van der Waals surface area contributed by atoms with E-state index in [1.165, 1.54) is 0 Å². The molecule has 3 aromatic rings. The van der Waals surface area contributed by atoms with Crippen molar-refractivity contribution in [1.29, 1.82) is 0 Å². The number of aliphatic carboxylic acids is 1. The predicted molar refractivity (Wildman–Crippen MR) is 156 cm³/mol. The Labute approximate surface area is 279 Å². The summed E-state index contributed by atoms with van der Waals surface area (Å²) in [5.41, 5.74) is -8.21. The van der Waals surface area contributed by atoms with Gasteiger partial charge in [-0.15, -0.1) is 0 Å². The number of carboxylic acids is 1. The number of hydrogen-bond acceptors (Lipinski definition) is 5. The van der Waals surface area contributed by atoms with E-state index in [-0.39, 0.29) is 37.8 Å². The number of sulfone groups is 1. The van der Waals surface area contributed by atoms with Crippen molar-refractivity contribution in [3.05, 3.63) is 101 Å². The van der Waals surface area contributed by atoms with Gasteiger partial charge in [0.1, 0.15) is 22.2 Å². The molecular weight excluding hydrogens is 709 g/mol. The van der Waals surface area contributed by atoms with Crippen LogP contribution in [-0.2, 0) is 41.1 Å². The number of benzene rings is 3. The van der Waals surface area contributed by atoms with Crippen LogP contribution < -0.4 is 0 Å². The number of amides is 1. The fraction of sp³-hybridized carbons (Fsp3) is 0.394. The molecule has 50 heavy (non-hydrogen) atoms. The van der Waals surface area contributed by atoms with Crippen molar-refractivity contribution in [1.82, 2.24) is 4.90 Å². The number of carboxylic acid groups (broad SMARTS) is 1. The van der Waals surface area contributed by atoms with Crippen molar-refractivity contribution in [2.75, 3.05) is 13.1 Å². The van der Waals surface area contributed by atoms with Gasteiger partial charge >= 0.3 is 18.3 Å². The highest BCUT2D eigenvalue weighted by atomic mass is 32.2. The van der Waals surface area contributed by atoms with Crippen LogP contribution in [-0.4, -0.2) is 55.7 Å². The molecule has 3 atom stereocenters. The van der Waals surface area contributed by atoms with Crippen LogP contribution in [0.15, 0.2) is 71.6 Å². The summed E-state index contributed by atoms with van der Waals surface area (Å²) in [6.45, 7) is -2.61. The largest absolute Gasteiger partial charge is 0.481 e. The average molecular weight is 738 g/mol. The highest BCUT2D eigenvalue weighted by Gasteiger charge is 2.73. The lowest BCUT2D eigenvalue weighted by Crippen LogP contribution is -2.56. The third-order valence-corrected chi connectivity index (χ3v) is 11.9. The first-order chi connectivity index (χ1) is 23.2. The van der Waals surface area contributed by atoms with E-state index in [9.17, 15) is 62.6 Å². The molecule has 0 bridgehead atoms. The maximum atomic E-state index is 14.5. The van der Waals surface area contributed by atoms with Crippen LogP contribution >= 0.6 is 0 Å². The van der Waals surface area contributed by atoms with Gasteiger partial charge in [0.25, 0.3) is 5.60 Å². The monoisotopic (exact) mass is 737 g/mol. The number of ether oxygens (including phenoxy) is 1. The van der Waals surface area contributed by atoms with Crippen LogP contribution in [0.25, 0.3) is 0 Å². The van der Waals surface area contributed by atoms with Gasteiger partial charge in [0.05, 0.1) is 17.4 Å².